The van der Waals surface area contributed by atoms with Gasteiger partial charge in [-0.15, -0.1) is 5.10 Å². The van der Waals surface area contributed by atoms with Gasteiger partial charge in [0.2, 0.25) is 5.95 Å². The van der Waals surface area contributed by atoms with Crippen LogP contribution in [0, 0.1) is 22.7 Å². The fourth-order valence-corrected chi connectivity index (χ4v) is 4.34. The topological polar surface area (TPSA) is 191 Å². The van der Waals surface area contributed by atoms with Crippen LogP contribution in [0.1, 0.15) is 30.5 Å². The Morgan fingerprint density at radius 1 is 1.28 bits per heavy atom. The highest BCUT2D eigenvalue weighted by molar-refractivity contribution is 6.36. The highest BCUT2D eigenvalue weighted by Crippen LogP contribution is 2.37. The predicted octanol–water partition coefficient (Wildman–Crippen LogP) is 1.87. The number of rotatable bonds is 6. The van der Waals surface area contributed by atoms with Crippen molar-refractivity contribution in [1.82, 2.24) is 19.6 Å². The average molecular weight is 509 g/mol. The van der Waals surface area contributed by atoms with Crippen molar-refractivity contribution in [2.75, 3.05) is 28.6 Å². The van der Waals surface area contributed by atoms with Crippen molar-refractivity contribution in [2.45, 2.75) is 37.5 Å². The monoisotopic (exact) mass is 508 g/mol. The first-order valence-corrected chi connectivity index (χ1v) is 11.6. The van der Waals surface area contributed by atoms with Crippen molar-refractivity contribution >= 4 is 46.5 Å². The van der Waals surface area contributed by atoms with Gasteiger partial charge in [0.15, 0.2) is 17.2 Å². The van der Waals surface area contributed by atoms with Crippen LogP contribution < -0.4 is 21.3 Å². The van der Waals surface area contributed by atoms with Crippen molar-refractivity contribution in [3.05, 3.63) is 34.6 Å². The number of aliphatic hydroxyl groups is 1. The highest BCUT2D eigenvalue weighted by atomic mass is 35.5. The number of nitriles is 2. The van der Waals surface area contributed by atoms with E-state index in [9.17, 15) is 20.4 Å². The van der Waals surface area contributed by atoms with E-state index in [-0.39, 0.29) is 29.3 Å². The van der Waals surface area contributed by atoms with Gasteiger partial charge >= 0.3 is 6.09 Å². The maximum Gasteiger partial charge on any atom is 0.404 e. The molecule has 1 amide bonds. The Labute approximate surface area is 210 Å². The molecule has 1 saturated carbocycles. The molecular weight excluding hydrogens is 488 g/mol. The predicted molar refractivity (Wildman–Crippen MR) is 129 cm³/mol. The fraction of sp³-hybridized carbons (Fsp3) is 0.364. The highest BCUT2D eigenvalue weighted by Gasteiger charge is 2.32. The number of piperidine rings is 1. The molecular formula is C22H21ClN10O3. The summed E-state index contributed by atoms with van der Waals surface area (Å²) in [6.45, 7) is 0.520. The molecule has 1 aliphatic heterocycles. The van der Waals surface area contributed by atoms with Crippen LogP contribution in [-0.4, -0.2) is 62.1 Å². The molecule has 1 aromatic carbocycles. The molecule has 1 saturated heterocycles. The van der Waals surface area contributed by atoms with E-state index in [1.54, 1.807) is 17.0 Å². The number of hydrogen-bond acceptors (Lipinski definition) is 11. The molecule has 14 heteroatoms. The largest absolute Gasteiger partial charge is 0.443 e. The number of nitrogens with two attached hydrogens (primary N) is 1. The number of fused-ring (bicyclic) bond motifs is 1. The standard InChI is InChI=1S/C22H21ClN10O3/c23-18-14(5-11(7-24)6-15(18)32-4-3-17(16(34)10-32)36-21(26)35)29-22-30-19(28-12-1-2-12)20-27-9-13(8-25)33(20)31-22/h5-6,9,12,16-17,34H,1-4,10H2,(H2,26,35)(H2,28,29,30,31)/t16-,17+/m1/s1. The number of ether oxygens (including phenoxy) is 1. The van der Waals surface area contributed by atoms with E-state index >= 15 is 0 Å². The number of imidazole rings is 1. The summed E-state index contributed by atoms with van der Waals surface area (Å²) in [7, 11) is 0. The molecule has 13 nitrogen and oxygen atoms in total. The Balaban J connectivity index is 1.48. The Bertz CT molecular complexity index is 1420. The van der Waals surface area contributed by atoms with Crippen LogP contribution in [0.2, 0.25) is 5.02 Å². The minimum atomic E-state index is -0.989. The molecule has 1 aliphatic carbocycles. The summed E-state index contributed by atoms with van der Waals surface area (Å²) in [6.07, 6.45) is 1.10. The Hall–Kier alpha value is -4.33. The first-order chi connectivity index (χ1) is 17.4. The molecule has 5 N–H and O–H groups in total. The number of halogens is 1. The SMILES string of the molecule is N#Cc1cc(Nc2nc(NC3CC3)c3ncc(C#N)n3n2)c(Cl)c(N2CC[C@H](OC(N)=O)[C@H](O)C2)c1. The Kier molecular flexibility index (Phi) is 6.10. The number of aliphatic hydroxyl groups excluding tert-OH is 1. The van der Waals surface area contributed by atoms with E-state index in [0.717, 1.165) is 12.8 Å². The summed E-state index contributed by atoms with van der Waals surface area (Å²) in [5.74, 6) is 0.626. The van der Waals surface area contributed by atoms with Gasteiger partial charge in [-0.25, -0.2) is 9.78 Å². The van der Waals surface area contributed by atoms with Crippen molar-refractivity contribution in [2.24, 2.45) is 5.73 Å². The molecule has 0 bridgehead atoms. The lowest BCUT2D eigenvalue weighted by Crippen LogP contribution is -2.49. The van der Waals surface area contributed by atoms with Gasteiger partial charge in [-0.2, -0.15) is 20.0 Å². The second-order valence-corrected chi connectivity index (χ2v) is 8.94. The van der Waals surface area contributed by atoms with Gasteiger partial charge in [0.1, 0.15) is 18.3 Å². The summed E-state index contributed by atoms with van der Waals surface area (Å²) in [6, 6.07) is 7.62. The van der Waals surface area contributed by atoms with E-state index in [4.69, 9.17) is 22.1 Å². The van der Waals surface area contributed by atoms with Gasteiger partial charge in [0.05, 0.1) is 34.2 Å². The number of anilines is 4. The molecule has 2 atom stereocenters. The van der Waals surface area contributed by atoms with E-state index in [1.807, 2.05) is 0 Å². The normalized spacial score (nSPS) is 19.4. The quantitative estimate of drug-likeness (QED) is 0.380. The van der Waals surface area contributed by atoms with E-state index in [2.05, 4.69) is 37.8 Å². The molecule has 0 radical (unpaired) electrons. The smallest absolute Gasteiger partial charge is 0.404 e. The molecule has 3 aromatic rings. The van der Waals surface area contributed by atoms with Gasteiger partial charge in [-0.1, -0.05) is 11.6 Å². The first-order valence-electron chi connectivity index (χ1n) is 11.2. The number of β-amino-alcohol motifs (C(OH)–C–C–N with tert-alkyl or cyclic N) is 1. The van der Waals surface area contributed by atoms with E-state index in [0.29, 0.717) is 41.4 Å². The molecule has 3 heterocycles. The average Bonchev–Trinajstić information content (AvgIpc) is 3.57. The molecule has 36 heavy (non-hydrogen) atoms. The summed E-state index contributed by atoms with van der Waals surface area (Å²) < 4.78 is 6.36. The van der Waals surface area contributed by atoms with E-state index < -0.39 is 18.3 Å². The van der Waals surface area contributed by atoms with Gasteiger partial charge < -0.3 is 31.1 Å². The van der Waals surface area contributed by atoms with Gasteiger partial charge in [-0.05, 0) is 25.0 Å². The summed E-state index contributed by atoms with van der Waals surface area (Å²) >= 11 is 6.74. The number of primary amides is 1. The molecule has 184 valence electrons. The van der Waals surface area contributed by atoms with Gasteiger partial charge in [0.25, 0.3) is 0 Å². The van der Waals surface area contributed by atoms with Gasteiger partial charge in [-0.3, -0.25) is 0 Å². The molecule has 2 aliphatic rings. The van der Waals surface area contributed by atoms with Crippen LogP contribution in [-0.2, 0) is 4.74 Å². The van der Waals surface area contributed by atoms with E-state index in [1.165, 1.54) is 10.7 Å². The molecule has 2 fully saturated rings. The number of nitrogens with one attached hydrogen (secondary N) is 2. The first kappa shape index (κ1) is 23.4. The van der Waals surface area contributed by atoms with Crippen molar-refractivity contribution in [1.29, 1.82) is 10.5 Å². The lowest BCUT2D eigenvalue weighted by molar-refractivity contribution is -0.00367. The third-order valence-corrected chi connectivity index (χ3v) is 6.35. The molecule has 0 unspecified atom stereocenters. The number of amides is 1. The maximum atomic E-state index is 11.1. The Morgan fingerprint density at radius 3 is 2.75 bits per heavy atom. The van der Waals surface area contributed by atoms with Crippen LogP contribution >= 0.6 is 11.6 Å². The van der Waals surface area contributed by atoms with Crippen molar-refractivity contribution < 1.29 is 14.6 Å². The van der Waals surface area contributed by atoms with Crippen molar-refractivity contribution in [3.8, 4) is 12.1 Å². The third-order valence-electron chi connectivity index (χ3n) is 5.95. The molecule has 0 spiro atoms. The molecule has 5 rings (SSSR count). The second kappa shape index (κ2) is 9.37. The van der Waals surface area contributed by atoms with Crippen LogP contribution in [0.5, 0.6) is 0 Å². The summed E-state index contributed by atoms with van der Waals surface area (Å²) in [5.41, 5.74) is 6.94. The minimum Gasteiger partial charge on any atom is -0.443 e. The second-order valence-electron chi connectivity index (χ2n) is 8.56. The van der Waals surface area contributed by atoms with Crippen molar-refractivity contribution in [3.63, 3.8) is 0 Å². The zero-order valence-corrected chi connectivity index (χ0v) is 19.6. The van der Waals surface area contributed by atoms with Crippen LogP contribution in [0.25, 0.3) is 5.65 Å². The number of carbonyl (C=O) groups excluding carboxylic acids is 1. The Morgan fingerprint density at radius 2 is 2.08 bits per heavy atom. The lowest BCUT2D eigenvalue weighted by atomic mass is 10.0. The number of carbonyl (C=O) groups is 1. The summed E-state index contributed by atoms with van der Waals surface area (Å²) in [5, 5.41) is 40.5. The summed E-state index contributed by atoms with van der Waals surface area (Å²) in [4.78, 5) is 21.7. The minimum absolute atomic E-state index is 0.116. The number of nitrogens with zero attached hydrogens (tertiary/aromatic N) is 7. The maximum absolute atomic E-state index is 11.1. The zero-order valence-electron chi connectivity index (χ0n) is 18.8. The third kappa shape index (κ3) is 4.62. The number of hydrogen-bond donors (Lipinski definition) is 4. The van der Waals surface area contributed by atoms with Crippen LogP contribution in [0.3, 0.4) is 0 Å². The lowest BCUT2D eigenvalue weighted by Gasteiger charge is -2.37. The zero-order chi connectivity index (χ0) is 25.4. The van der Waals surface area contributed by atoms with Gasteiger partial charge in [0, 0.05) is 25.6 Å². The number of benzene rings is 1. The van der Waals surface area contributed by atoms with Crippen LogP contribution in [0.15, 0.2) is 18.3 Å². The fourth-order valence-electron chi connectivity index (χ4n) is 4.06. The number of aromatic nitrogens is 4. The molecule has 2 aromatic heterocycles. The van der Waals surface area contributed by atoms with Crippen LogP contribution in [0.4, 0.5) is 27.9 Å².